The molecule has 2 N–H and O–H groups in total. The minimum atomic E-state index is -3.86. The van der Waals surface area contributed by atoms with Gasteiger partial charge < -0.3 is 14.6 Å². The summed E-state index contributed by atoms with van der Waals surface area (Å²) in [7, 11) is -2.43. The number of rotatable bonds is 9. The van der Waals surface area contributed by atoms with Crippen molar-refractivity contribution in [1.29, 1.82) is 0 Å². The Kier molecular flexibility index (Phi) is 6.92. The molecule has 0 fully saturated rings. The van der Waals surface area contributed by atoms with E-state index >= 15 is 0 Å². The van der Waals surface area contributed by atoms with Gasteiger partial charge in [0.05, 0.1) is 24.3 Å². The van der Waals surface area contributed by atoms with Crippen LogP contribution in [0.15, 0.2) is 41.3 Å². The highest BCUT2D eigenvalue weighted by Crippen LogP contribution is 2.30. The Hall–Kier alpha value is -2.45. The summed E-state index contributed by atoms with van der Waals surface area (Å²) in [4.78, 5) is 10.6. The van der Waals surface area contributed by atoms with Crippen molar-refractivity contribution in [3.63, 3.8) is 0 Å². The van der Waals surface area contributed by atoms with Crippen molar-refractivity contribution in [2.75, 3.05) is 18.4 Å². The number of benzene rings is 2. The average Bonchev–Trinajstić information content (AvgIpc) is 2.59. The van der Waals surface area contributed by atoms with E-state index in [0.717, 1.165) is 0 Å². The molecule has 0 atom stereocenters. The van der Waals surface area contributed by atoms with Crippen molar-refractivity contribution in [1.82, 2.24) is 0 Å². The maximum absolute atomic E-state index is 12.7. The number of carboxylic acid groups (broad SMARTS) is 1. The molecule has 0 aliphatic carbocycles. The van der Waals surface area contributed by atoms with Gasteiger partial charge in [0.1, 0.15) is 11.5 Å². The molecule has 2 aromatic rings. The fraction of sp³-hybridized carbons (Fsp3) is 0.278. The molecule has 146 valence electrons. The normalized spacial score (nSPS) is 11.1. The van der Waals surface area contributed by atoms with Gasteiger partial charge in [-0.05, 0) is 55.3 Å². The van der Waals surface area contributed by atoms with E-state index in [1.165, 1.54) is 25.3 Å². The lowest BCUT2D eigenvalue weighted by atomic mass is 10.2. The van der Waals surface area contributed by atoms with E-state index in [2.05, 4.69) is 4.72 Å². The van der Waals surface area contributed by atoms with Crippen LogP contribution in [0.1, 0.15) is 18.4 Å². The molecule has 0 aliphatic heterocycles. The molecule has 9 heteroatoms. The van der Waals surface area contributed by atoms with E-state index in [1.807, 2.05) is 0 Å². The maximum Gasteiger partial charge on any atom is 0.303 e. The first-order valence-corrected chi connectivity index (χ1v) is 9.90. The van der Waals surface area contributed by atoms with Gasteiger partial charge in [-0.15, -0.1) is 0 Å². The Morgan fingerprint density at radius 3 is 2.52 bits per heavy atom. The highest BCUT2D eigenvalue weighted by atomic mass is 35.5. The van der Waals surface area contributed by atoms with Gasteiger partial charge in [0.2, 0.25) is 0 Å². The monoisotopic (exact) mass is 413 g/mol. The average molecular weight is 414 g/mol. The number of sulfonamides is 1. The van der Waals surface area contributed by atoms with Crippen LogP contribution in [0.3, 0.4) is 0 Å². The standard InChI is InChI=1S/C18H20ClNO6S/c1-12-10-14(6-8-16(12)26-9-3-4-18(21)22)27(23,24)20-15-11-13(19)5-7-17(15)25-2/h5-8,10-11,20H,3-4,9H2,1-2H3,(H,21,22). The molecule has 27 heavy (non-hydrogen) atoms. The number of nitrogens with one attached hydrogen (secondary N) is 1. The Labute approximate surface area is 162 Å². The lowest BCUT2D eigenvalue weighted by Crippen LogP contribution is -2.14. The van der Waals surface area contributed by atoms with Crippen molar-refractivity contribution in [3.05, 3.63) is 47.0 Å². The van der Waals surface area contributed by atoms with Crippen LogP contribution in [0, 0.1) is 6.92 Å². The molecule has 0 saturated heterocycles. The zero-order valence-electron chi connectivity index (χ0n) is 14.9. The SMILES string of the molecule is COc1ccc(Cl)cc1NS(=O)(=O)c1ccc(OCCCC(=O)O)c(C)c1. The van der Waals surface area contributed by atoms with Gasteiger partial charge in [0, 0.05) is 11.4 Å². The van der Waals surface area contributed by atoms with Crippen LogP contribution in [0.25, 0.3) is 0 Å². The molecule has 0 aliphatic rings. The fourth-order valence-corrected chi connectivity index (χ4v) is 3.64. The Balaban J connectivity index is 2.16. The molecule has 0 bridgehead atoms. The molecule has 2 aromatic carbocycles. The Morgan fingerprint density at radius 2 is 1.89 bits per heavy atom. The number of carboxylic acids is 1. The van der Waals surface area contributed by atoms with Crippen LogP contribution >= 0.6 is 11.6 Å². The number of hydrogen-bond donors (Lipinski definition) is 2. The van der Waals surface area contributed by atoms with E-state index in [0.29, 0.717) is 28.5 Å². The molecular weight excluding hydrogens is 394 g/mol. The molecule has 0 saturated carbocycles. The molecule has 0 radical (unpaired) electrons. The van der Waals surface area contributed by atoms with Gasteiger partial charge in [-0.1, -0.05) is 11.6 Å². The van der Waals surface area contributed by atoms with Crippen LogP contribution < -0.4 is 14.2 Å². The van der Waals surface area contributed by atoms with Gasteiger partial charge in [0.25, 0.3) is 10.0 Å². The minimum Gasteiger partial charge on any atom is -0.495 e. The molecule has 0 heterocycles. The van der Waals surface area contributed by atoms with Gasteiger partial charge >= 0.3 is 5.97 Å². The second kappa shape index (κ2) is 8.96. The van der Waals surface area contributed by atoms with Gasteiger partial charge in [-0.3, -0.25) is 9.52 Å². The van der Waals surface area contributed by atoms with Crippen molar-refractivity contribution in [2.45, 2.75) is 24.7 Å². The highest BCUT2D eigenvalue weighted by Gasteiger charge is 2.18. The predicted molar refractivity (Wildman–Crippen MR) is 102 cm³/mol. The summed E-state index contributed by atoms with van der Waals surface area (Å²) in [6.07, 6.45) is 0.377. The van der Waals surface area contributed by atoms with E-state index in [1.54, 1.807) is 25.1 Å². The fourth-order valence-electron chi connectivity index (χ4n) is 2.32. The molecular formula is C18H20ClNO6S. The van der Waals surface area contributed by atoms with E-state index in [4.69, 9.17) is 26.2 Å². The number of aliphatic carboxylic acids is 1. The number of hydrogen-bond acceptors (Lipinski definition) is 5. The van der Waals surface area contributed by atoms with E-state index in [9.17, 15) is 13.2 Å². The number of ether oxygens (including phenoxy) is 2. The smallest absolute Gasteiger partial charge is 0.303 e. The number of carbonyl (C=O) groups is 1. The molecule has 0 unspecified atom stereocenters. The number of anilines is 1. The van der Waals surface area contributed by atoms with Crippen molar-refractivity contribution in [3.8, 4) is 11.5 Å². The largest absolute Gasteiger partial charge is 0.495 e. The molecule has 2 rings (SSSR count). The lowest BCUT2D eigenvalue weighted by Gasteiger charge is -2.14. The quantitative estimate of drug-likeness (QED) is 0.607. The van der Waals surface area contributed by atoms with Gasteiger partial charge in [0.15, 0.2) is 0 Å². The van der Waals surface area contributed by atoms with E-state index < -0.39 is 16.0 Å². The summed E-state index contributed by atoms with van der Waals surface area (Å²) in [6.45, 7) is 1.95. The second-order valence-corrected chi connectivity index (χ2v) is 7.84. The zero-order valence-corrected chi connectivity index (χ0v) is 16.4. The van der Waals surface area contributed by atoms with Crippen LogP contribution in [-0.2, 0) is 14.8 Å². The molecule has 0 amide bonds. The number of aryl methyl sites for hydroxylation is 1. The Bertz CT molecular complexity index is 929. The van der Waals surface area contributed by atoms with Gasteiger partial charge in [-0.2, -0.15) is 0 Å². The lowest BCUT2D eigenvalue weighted by molar-refractivity contribution is -0.137. The van der Waals surface area contributed by atoms with Crippen molar-refractivity contribution in [2.24, 2.45) is 0 Å². The topological polar surface area (TPSA) is 102 Å². The third-order valence-electron chi connectivity index (χ3n) is 3.66. The minimum absolute atomic E-state index is 0.0108. The summed E-state index contributed by atoms with van der Waals surface area (Å²) < 4.78 is 38.4. The Morgan fingerprint density at radius 1 is 1.19 bits per heavy atom. The first kappa shape index (κ1) is 20.9. The van der Waals surface area contributed by atoms with Crippen LogP contribution in [0.5, 0.6) is 11.5 Å². The zero-order chi connectivity index (χ0) is 20.0. The van der Waals surface area contributed by atoms with Crippen molar-refractivity contribution < 1.29 is 27.8 Å². The van der Waals surface area contributed by atoms with Crippen LogP contribution in [0.2, 0.25) is 5.02 Å². The summed E-state index contributed by atoms with van der Waals surface area (Å²) in [5.41, 5.74) is 0.850. The predicted octanol–water partition coefficient (Wildman–Crippen LogP) is 3.70. The third-order valence-corrected chi connectivity index (χ3v) is 5.25. The molecule has 7 nitrogen and oxygen atoms in total. The van der Waals surface area contributed by atoms with Crippen LogP contribution in [0.4, 0.5) is 5.69 Å². The van der Waals surface area contributed by atoms with Gasteiger partial charge in [-0.25, -0.2) is 8.42 Å². The number of halogens is 1. The summed E-state index contributed by atoms with van der Waals surface area (Å²) >= 11 is 5.93. The first-order valence-electron chi connectivity index (χ1n) is 8.04. The summed E-state index contributed by atoms with van der Waals surface area (Å²) in [5.74, 6) is -0.0444. The number of methoxy groups -OCH3 is 1. The summed E-state index contributed by atoms with van der Waals surface area (Å²) in [6, 6.07) is 9.06. The second-order valence-electron chi connectivity index (χ2n) is 5.72. The highest BCUT2D eigenvalue weighted by molar-refractivity contribution is 7.92. The third kappa shape index (κ3) is 5.77. The van der Waals surface area contributed by atoms with Crippen LogP contribution in [-0.4, -0.2) is 33.2 Å². The molecule has 0 aromatic heterocycles. The molecule has 0 spiro atoms. The first-order chi connectivity index (χ1) is 12.7. The van der Waals surface area contributed by atoms with Crippen molar-refractivity contribution >= 4 is 33.3 Å². The summed E-state index contributed by atoms with van der Waals surface area (Å²) in [5, 5.41) is 8.99. The maximum atomic E-state index is 12.7. The van der Waals surface area contributed by atoms with E-state index in [-0.39, 0.29) is 23.6 Å².